The quantitative estimate of drug-likeness (QED) is 0.677. The molecule has 3 rings (SSSR count). The molecule has 7 heteroatoms. The fraction of sp³-hybridized carbons (Fsp3) is 0.250. The van der Waals surface area contributed by atoms with Crippen LogP contribution in [0, 0.1) is 27.7 Å². The number of hydrogen-bond donors (Lipinski definition) is 1. The van der Waals surface area contributed by atoms with E-state index in [4.69, 9.17) is 4.74 Å². The summed E-state index contributed by atoms with van der Waals surface area (Å²) in [5.41, 5.74) is 3.55. The number of anilines is 1. The summed E-state index contributed by atoms with van der Waals surface area (Å²) in [6, 6.07) is 11.5. The third kappa shape index (κ3) is 4.09. The molecule has 6 nitrogen and oxygen atoms in total. The standard InChI is InChI=1S/C20H21N3O3S/c1-12-10-17(15(4)27-12)20(25)26-11-18(24)21-19-13(2)22-23(14(19)3)16-8-6-5-7-9-16/h5-10H,11H2,1-4H3,(H,21,24). The third-order valence-corrected chi connectivity index (χ3v) is 5.12. The minimum absolute atomic E-state index is 0.345. The number of para-hydroxylation sites is 1. The van der Waals surface area contributed by atoms with Crippen LogP contribution in [0.5, 0.6) is 0 Å². The van der Waals surface area contributed by atoms with Crippen LogP contribution in [-0.2, 0) is 9.53 Å². The molecular weight excluding hydrogens is 362 g/mol. The Bertz CT molecular complexity index is 990. The van der Waals surface area contributed by atoms with E-state index in [0.29, 0.717) is 16.9 Å². The highest BCUT2D eigenvalue weighted by molar-refractivity contribution is 7.12. The predicted octanol–water partition coefficient (Wildman–Crippen LogP) is 3.96. The van der Waals surface area contributed by atoms with Crippen LogP contribution >= 0.6 is 11.3 Å². The summed E-state index contributed by atoms with van der Waals surface area (Å²) >= 11 is 1.53. The Morgan fingerprint density at radius 1 is 1.15 bits per heavy atom. The zero-order valence-corrected chi connectivity index (χ0v) is 16.5. The van der Waals surface area contributed by atoms with Crippen molar-refractivity contribution in [2.75, 3.05) is 11.9 Å². The van der Waals surface area contributed by atoms with Crippen molar-refractivity contribution in [1.82, 2.24) is 9.78 Å². The molecule has 0 saturated carbocycles. The second-order valence-electron chi connectivity index (χ2n) is 6.24. The molecule has 140 valence electrons. The van der Waals surface area contributed by atoms with Crippen LogP contribution in [0.2, 0.25) is 0 Å². The Morgan fingerprint density at radius 2 is 1.85 bits per heavy atom. The minimum atomic E-state index is -0.486. The number of thiophene rings is 1. The highest BCUT2D eigenvalue weighted by Gasteiger charge is 2.18. The number of benzene rings is 1. The second-order valence-corrected chi connectivity index (χ2v) is 7.70. The summed E-state index contributed by atoms with van der Waals surface area (Å²) in [7, 11) is 0. The van der Waals surface area contributed by atoms with Gasteiger partial charge in [0.25, 0.3) is 5.91 Å². The third-order valence-electron chi connectivity index (χ3n) is 4.15. The lowest BCUT2D eigenvalue weighted by Crippen LogP contribution is -2.21. The first-order valence-electron chi connectivity index (χ1n) is 8.52. The molecule has 0 unspecified atom stereocenters. The Balaban J connectivity index is 1.67. The number of esters is 1. The molecule has 0 radical (unpaired) electrons. The Morgan fingerprint density at radius 3 is 2.48 bits per heavy atom. The lowest BCUT2D eigenvalue weighted by atomic mass is 10.2. The number of rotatable bonds is 5. The van der Waals surface area contributed by atoms with Crippen LogP contribution in [-0.4, -0.2) is 28.3 Å². The Hall–Kier alpha value is -2.93. The number of amides is 1. The van der Waals surface area contributed by atoms with E-state index in [1.165, 1.54) is 11.3 Å². The van der Waals surface area contributed by atoms with E-state index < -0.39 is 11.9 Å². The summed E-state index contributed by atoms with van der Waals surface area (Å²) in [6.45, 7) is 7.15. The van der Waals surface area contributed by atoms with Crippen molar-refractivity contribution in [2.45, 2.75) is 27.7 Å². The molecule has 3 aromatic rings. The largest absolute Gasteiger partial charge is 0.452 e. The van der Waals surface area contributed by atoms with Gasteiger partial charge in [-0.3, -0.25) is 4.79 Å². The number of carbonyl (C=O) groups excluding carboxylic acids is 2. The molecule has 0 aliphatic carbocycles. The summed E-state index contributed by atoms with van der Waals surface area (Å²) in [4.78, 5) is 26.3. The highest BCUT2D eigenvalue weighted by atomic mass is 32.1. The van der Waals surface area contributed by atoms with Gasteiger partial charge in [-0.15, -0.1) is 11.3 Å². The molecule has 1 N–H and O–H groups in total. The van der Waals surface area contributed by atoms with E-state index in [1.54, 1.807) is 10.7 Å². The lowest BCUT2D eigenvalue weighted by molar-refractivity contribution is -0.119. The van der Waals surface area contributed by atoms with E-state index in [-0.39, 0.29) is 6.61 Å². The van der Waals surface area contributed by atoms with Crippen molar-refractivity contribution in [1.29, 1.82) is 0 Å². The summed E-state index contributed by atoms with van der Waals surface area (Å²) < 4.78 is 6.93. The smallest absolute Gasteiger partial charge is 0.339 e. The second kappa shape index (κ2) is 7.75. The van der Waals surface area contributed by atoms with Crippen LogP contribution in [0.4, 0.5) is 5.69 Å². The summed E-state index contributed by atoms with van der Waals surface area (Å²) in [6.07, 6.45) is 0. The van der Waals surface area contributed by atoms with E-state index in [0.717, 1.165) is 21.1 Å². The number of ether oxygens (including phenoxy) is 1. The van der Waals surface area contributed by atoms with Crippen molar-refractivity contribution in [3.05, 3.63) is 63.1 Å². The number of hydrogen-bond acceptors (Lipinski definition) is 5. The Kier molecular flexibility index (Phi) is 5.41. The molecule has 2 heterocycles. The summed E-state index contributed by atoms with van der Waals surface area (Å²) in [5.74, 6) is -0.882. The molecule has 0 fully saturated rings. The van der Waals surface area contributed by atoms with Gasteiger partial charge < -0.3 is 10.1 Å². The molecule has 27 heavy (non-hydrogen) atoms. The molecule has 0 saturated heterocycles. The molecule has 0 spiro atoms. The van der Waals surface area contributed by atoms with Crippen molar-refractivity contribution in [2.24, 2.45) is 0 Å². The SMILES string of the molecule is Cc1cc(C(=O)OCC(=O)Nc2c(C)nn(-c3ccccc3)c2C)c(C)s1. The van der Waals surface area contributed by atoms with Crippen molar-refractivity contribution >= 4 is 28.9 Å². The average Bonchev–Trinajstić information content (AvgIpc) is 3.13. The van der Waals surface area contributed by atoms with Crippen LogP contribution in [0.1, 0.15) is 31.5 Å². The fourth-order valence-corrected chi connectivity index (χ4v) is 3.77. The molecule has 0 atom stereocenters. The predicted molar refractivity (Wildman–Crippen MR) is 106 cm³/mol. The zero-order chi connectivity index (χ0) is 19.6. The number of nitrogens with zero attached hydrogens (tertiary/aromatic N) is 2. The molecular formula is C20H21N3O3S. The van der Waals surface area contributed by atoms with Crippen molar-refractivity contribution in [3.8, 4) is 5.69 Å². The van der Waals surface area contributed by atoms with Crippen LogP contribution < -0.4 is 5.32 Å². The molecule has 2 aromatic heterocycles. The fourth-order valence-electron chi connectivity index (χ4n) is 2.86. The number of nitrogens with one attached hydrogen (secondary N) is 1. The maximum absolute atomic E-state index is 12.3. The maximum Gasteiger partial charge on any atom is 0.339 e. The first kappa shape index (κ1) is 18.8. The summed E-state index contributed by atoms with van der Waals surface area (Å²) in [5, 5.41) is 7.28. The van der Waals surface area contributed by atoms with Crippen LogP contribution in [0.3, 0.4) is 0 Å². The van der Waals surface area contributed by atoms with Gasteiger partial charge in [0.2, 0.25) is 0 Å². The normalized spacial score (nSPS) is 10.7. The van der Waals surface area contributed by atoms with E-state index in [1.807, 2.05) is 58.0 Å². The minimum Gasteiger partial charge on any atom is -0.452 e. The van der Waals surface area contributed by atoms with Gasteiger partial charge in [-0.05, 0) is 45.9 Å². The molecule has 1 aromatic carbocycles. The maximum atomic E-state index is 12.3. The van der Waals surface area contributed by atoms with Gasteiger partial charge in [0, 0.05) is 9.75 Å². The first-order chi connectivity index (χ1) is 12.9. The molecule has 0 aliphatic heterocycles. The van der Waals surface area contributed by atoms with Gasteiger partial charge in [0.05, 0.1) is 28.3 Å². The van der Waals surface area contributed by atoms with E-state index >= 15 is 0 Å². The van der Waals surface area contributed by atoms with Gasteiger partial charge in [0.1, 0.15) is 0 Å². The molecule has 0 bridgehead atoms. The van der Waals surface area contributed by atoms with Gasteiger partial charge in [0.15, 0.2) is 6.61 Å². The highest BCUT2D eigenvalue weighted by Crippen LogP contribution is 2.23. The molecule has 0 aliphatic rings. The lowest BCUT2D eigenvalue weighted by Gasteiger charge is -2.08. The van der Waals surface area contributed by atoms with Gasteiger partial charge in [-0.2, -0.15) is 5.10 Å². The Labute approximate surface area is 161 Å². The van der Waals surface area contributed by atoms with E-state index in [2.05, 4.69) is 10.4 Å². The first-order valence-corrected chi connectivity index (χ1v) is 9.34. The van der Waals surface area contributed by atoms with Gasteiger partial charge in [-0.1, -0.05) is 18.2 Å². The number of aryl methyl sites for hydroxylation is 3. The van der Waals surface area contributed by atoms with Gasteiger partial charge >= 0.3 is 5.97 Å². The van der Waals surface area contributed by atoms with Crippen LogP contribution in [0.15, 0.2) is 36.4 Å². The number of aromatic nitrogens is 2. The topological polar surface area (TPSA) is 73.2 Å². The average molecular weight is 383 g/mol. The molecule has 1 amide bonds. The van der Waals surface area contributed by atoms with Crippen molar-refractivity contribution in [3.63, 3.8) is 0 Å². The van der Waals surface area contributed by atoms with Crippen molar-refractivity contribution < 1.29 is 14.3 Å². The monoisotopic (exact) mass is 383 g/mol. The van der Waals surface area contributed by atoms with E-state index in [9.17, 15) is 9.59 Å². The zero-order valence-electron chi connectivity index (χ0n) is 15.7. The van der Waals surface area contributed by atoms with Gasteiger partial charge in [-0.25, -0.2) is 9.48 Å². The number of carbonyl (C=O) groups is 2. The van der Waals surface area contributed by atoms with Crippen LogP contribution in [0.25, 0.3) is 5.69 Å².